The molecule has 0 heterocycles. The molecule has 1 aliphatic rings. The fraction of sp³-hybridized carbons (Fsp3) is 0.481. The molecule has 2 N–H and O–H groups in total. The van der Waals surface area contributed by atoms with Crippen LogP contribution in [0, 0.1) is 0 Å². The Balaban J connectivity index is 2.55. The molecule has 0 bridgehead atoms. The second-order valence-electron chi connectivity index (χ2n) is 8.74. The van der Waals surface area contributed by atoms with E-state index in [4.69, 9.17) is 0 Å². The first-order chi connectivity index (χ1) is 14.5. The van der Waals surface area contributed by atoms with Crippen molar-refractivity contribution < 1.29 is 19.8 Å². The molecule has 0 aromatic carbocycles. The van der Waals surface area contributed by atoms with Gasteiger partial charge in [-0.25, -0.2) is 0 Å². The topological polar surface area (TPSA) is 74.6 Å². The van der Waals surface area contributed by atoms with E-state index in [0.29, 0.717) is 17.6 Å². The largest absolute Gasteiger partial charge is 0.386 e. The van der Waals surface area contributed by atoms with E-state index in [2.05, 4.69) is 19.9 Å². The van der Waals surface area contributed by atoms with Crippen LogP contribution in [0.5, 0.6) is 0 Å². The number of carbonyl (C=O) groups is 2. The smallest absolute Gasteiger partial charge is 0.185 e. The van der Waals surface area contributed by atoms with Gasteiger partial charge in [-0.1, -0.05) is 41.0 Å². The monoisotopic (exact) mass is 426 g/mol. The minimum atomic E-state index is -0.923. The highest BCUT2D eigenvalue weighted by atomic mass is 16.3. The fourth-order valence-electron chi connectivity index (χ4n) is 3.32. The zero-order valence-electron chi connectivity index (χ0n) is 19.9. The Morgan fingerprint density at radius 3 is 2.16 bits per heavy atom. The summed E-state index contributed by atoms with van der Waals surface area (Å²) in [6.45, 7) is 11.6. The van der Waals surface area contributed by atoms with E-state index in [1.807, 2.05) is 32.9 Å². The van der Waals surface area contributed by atoms with E-state index in [1.54, 1.807) is 13.0 Å². The molecule has 0 spiro atoms. The van der Waals surface area contributed by atoms with Crippen LogP contribution in [-0.4, -0.2) is 34.0 Å². The van der Waals surface area contributed by atoms with Crippen molar-refractivity contribution in [2.75, 3.05) is 0 Å². The second kappa shape index (κ2) is 13.2. The van der Waals surface area contributed by atoms with Crippen LogP contribution in [0.3, 0.4) is 0 Å². The van der Waals surface area contributed by atoms with Crippen LogP contribution in [0.25, 0.3) is 0 Å². The third-order valence-electron chi connectivity index (χ3n) is 5.34. The lowest BCUT2D eigenvalue weighted by Gasteiger charge is -2.17. The molecule has 1 aliphatic carbocycles. The lowest BCUT2D eigenvalue weighted by molar-refractivity contribution is -0.115. The number of carbonyl (C=O) groups excluding carboxylic acids is 2. The number of hydrogen-bond donors (Lipinski definition) is 2. The summed E-state index contributed by atoms with van der Waals surface area (Å²) >= 11 is 0. The van der Waals surface area contributed by atoms with Crippen LogP contribution in [0.1, 0.15) is 73.6 Å². The molecule has 2 atom stereocenters. The molecule has 0 saturated heterocycles. The predicted octanol–water partition coefficient (Wildman–Crippen LogP) is 5.49. The number of aliphatic hydroxyl groups excluding tert-OH is 2. The molecule has 4 heteroatoms. The van der Waals surface area contributed by atoms with E-state index in [0.717, 1.165) is 42.4 Å². The van der Waals surface area contributed by atoms with Gasteiger partial charge in [0.05, 0.1) is 0 Å². The molecule has 1 unspecified atom stereocenters. The molecular weight excluding hydrogens is 388 g/mol. The molecule has 0 amide bonds. The Morgan fingerprint density at radius 2 is 1.52 bits per heavy atom. The van der Waals surface area contributed by atoms with Crippen molar-refractivity contribution in [3.05, 3.63) is 69.9 Å². The van der Waals surface area contributed by atoms with Crippen molar-refractivity contribution in [3.63, 3.8) is 0 Å². The number of aliphatic hydroxyl groups is 2. The summed E-state index contributed by atoms with van der Waals surface area (Å²) in [7, 11) is 0. The lowest BCUT2D eigenvalue weighted by Crippen LogP contribution is -2.25. The van der Waals surface area contributed by atoms with Crippen molar-refractivity contribution in [2.24, 2.45) is 0 Å². The van der Waals surface area contributed by atoms with Crippen LogP contribution in [-0.2, 0) is 9.59 Å². The summed E-state index contributed by atoms with van der Waals surface area (Å²) in [5, 5.41) is 20.7. The third-order valence-corrected chi connectivity index (χ3v) is 5.34. The maximum absolute atomic E-state index is 12.1. The number of rotatable bonds is 11. The predicted molar refractivity (Wildman–Crippen MR) is 128 cm³/mol. The van der Waals surface area contributed by atoms with Gasteiger partial charge < -0.3 is 10.2 Å². The number of allylic oxidation sites excluding steroid dienone is 10. The van der Waals surface area contributed by atoms with Crippen LogP contribution < -0.4 is 0 Å². The lowest BCUT2D eigenvalue weighted by atomic mass is 9.94. The highest BCUT2D eigenvalue weighted by Gasteiger charge is 2.17. The fourth-order valence-corrected chi connectivity index (χ4v) is 3.32. The van der Waals surface area contributed by atoms with E-state index in [-0.39, 0.29) is 11.6 Å². The first-order valence-corrected chi connectivity index (χ1v) is 11.0. The SMILES string of the molecule is CC(C)=CCC/C(C)=C/[C@@H](O)C(O)/C(C)=C/CC/C(C)=C\CC1=CC(=O)C=C(C)C1=O. The summed E-state index contributed by atoms with van der Waals surface area (Å²) in [5.41, 5.74) is 5.21. The normalized spacial score (nSPS) is 17.9. The zero-order chi connectivity index (χ0) is 23.6. The summed E-state index contributed by atoms with van der Waals surface area (Å²) in [5.74, 6) is -0.203. The Morgan fingerprint density at radius 1 is 0.903 bits per heavy atom. The Labute approximate surface area is 187 Å². The van der Waals surface area contributed by atoms with Crippen molar-refractivity contribution >= 4 is 11.6 Å². The minimum absolute atomic E-state index is 0.0688. The standard InChI is InChI=1S/C27H38O4/c1-18(2)9-7-11-20(4)15-25(29)27(31)21(5)12-8-10-19(3)13-14-23-17-24(28)16-22(6)26(23)30/h9,12-13,15-17,25,27,29,31H,7-8,10-11,14H2,1-6H3/b19-13-,20-15+,21-12+/t25-,27?/m1/s1. The van der Waals surface area contributed by atoms with Gasteiger partial charge in [0.15, 0.2) is 11.6 Å². The van der Waals surface area contributed by atoms with Crippen LogP contribution in [0.4, 0.5) is 0 Å². The van der Waals surface area contributed by atoms with E-state index in [1.165, 1.54) is 17.7 Å². The third kappa shape index (κ3) is 10.0. The van der Waals surface area contributed by atoms with Crippen molar-refractivity contribution in [1.29, 1.82) is 0 Å². The molecule has 0 aliphatic heterocycles. The molecule has 0 aromatic heterocycles. The number of Topliss-reactive ketones (excluding diaryl/α,β-unsaturated/α-hetero) is 1. The van der Waals surface area contributed by atoms with Crippen molar-refractivity contribution in [3.8, 4) is 0 Å². The Hall–Kier alpha value is -2.30. The quantitative estimate of drug-likeness (QED) is 0.338. The van der Waals surface area contributed by atoms with Crippen molar-refractivity contribution in [1.82, 2.24) is 0 Å². The van der Waals surface area contributed by atoms with E-state index in [9.17, 15) is 19.8 Å². The summed E-state index contributed by atoms with van der Waals surface area (Å²) in [6, 6.07) is 0. The van der Waals surface area contributed by atoms with Crippen LogP contribution in [0.15, 0.2) is 69.9 Å². The molecule has 31 heavy (non-hydrogen) atoms. The Bertz CT molecular complexity index is 842. The molecular formula is C27H38O4. The van der Waals surface area contributed by atoms with Gasteiger partial charge in [-0.15, -0.1) is 0 Å². The van der Waals surface area contributed by atoms with Crippen LogP contribution in [0.2, 0.25) is 0 Å². The molecule has 0 radical (unpaired) electrons. The molecule has 0 fully saturated rings. The summed E-state index contributed by atoms with van der Waals surface area (Å²) in [4.78, 5) is 23.7. The highest BCUT2D eigenvalue weighted by Crippen LogP contribution is 2.19. The van der Waals surface area contributed by atoms with Gasteiger partial charge in [0.2, 0.25) is 0 Å². The average Bonchev–Trinajstić information content (AvgIpc) is 2.68. The van der Waals surface area contributed by atoms with Crippen molar-refractivity contribution in [2.45, 2.75) is 85.9 Å². The number of ketones is 2. The van der Waals surface area contributed by atoms with Crippen LogP contribution >= 0.6 is 0 Å². The Kier molecular flexibility index (Phi) is 11.4. The number of hydrogen-bond acceptors (Lipinski definition) is 4. The zero-order valence-corrected chi connectivity index (χ0v) is 19.9. The van der Waals surface area contributed by atoms with Gasteiger partial charge in [0.1, 0.15) is 12.2 Å². The first-order valence-electron chi connectivity index (χ1n) is 11.0. The molecule has 0 saturated carbocycles. The first kappa shape index (κ1) is 26.7. The van der Waals surface area contributed by atoms with Gasteiger partial charge in [0, 0.05) is 11.1 Å². The minimum Gasteiger partial charge on any atom is -0.386 e. The van der Waals surface area contributed by atoms with Gasteiger partial charge in [-0.05, 0) is 91.4 Å². The molecule has 4 nitrogen and oxygen atoms in total. The van der Waals surface area contributed by atoms with Gasteiger partial charge >= 0.3 is 0 Å². The van der Waals surface area contributed by atoms with Gasteiger partial charge in [-0.2, -0.15) is 0 Å². The summed E-state index contributed by atoms with van der Waals surface area (Å²) < 4.78 is 0. The molecule has 0 aromatic rings. The maximum Gasteiger partial charge on any atom is 0.185 e. The maximum atomic E-state index is 12.1. The van der Waals surface area contributed by atoms with E-state index < -0.39 is 12.2 Å². The molecule has 170 valence electrons. The van der Waals surface area contributed by atoms with Gasteiger partial charge in [-0.3, -0.25) is 9.59 Å². The van der Waals surface area contributed by atoms with E-state index >= 15 is 0 Å². The molecule has 1 rings (SSSR count). The average molecular weight is 427 g/mol. The second-order valence-corrected chi connectivity index (χ2v) is 8.74. The highest BCUT2D eigenvalue weighted by molar-refractivity contribution is 6.20. The van der Waals surface area contributed by atoms with Gasteiger partial charge in [0.25, 0.3) is 0 Å². The summed E-state index contributed by atoms with van der Waals surface area (Å²) in [6.07, 6.45) is 12.5.